The standard InChI is InChI=1S/C14H28O2Si/c1-11(2)14(16-10-15-5)12(3)9-13(4)17(6,7)8/h9,12,14H,1,10H2,2-8H3/b13-9-/t12-,14-/m0/s1. The Labute approximate surface area is 108 Å². The summed E-state index contributed by atoms with van der Waals surface area (Å²) < 4.78 is 10.6. The van der Waals surface area contributed by atoms with Crippen LogP contribution in [0.15, 0.2) is 23.4 Å². The van der Waals surface area contributed by atoms with Crippen molar-refractivity contribution >= 4 is 8.07 Å². The van der Waals surface area contributed by atoms with Crippen molar-refractivity contribution in [3.05, 3.63) is 23.4 Å². The maximum Gasteiger partial charge on any atom is 0.147 e. The molecule has 0 rings (SSSR count). The second kappa shape index (κ2) is 7.14. The highest BCUT2D eigenvalue weighted by molar-refractivity contribution is 6.82. The third-order valence-electron chi connectivity index (χ3n) is 3.02. The van der Waals surface area contributed by atoms with Crippen molar-refractivity contribution in [2.24, 2.45) is 5.92 Å². The first-order valence-corrected chi connectivity index (χ1v) is 9.65. The maximum absolute atomic E-state index is 5.68. The highest BCUT2D eigenvalue weighted by Gasteiger charge is 2.21. The number of hydrogen-bond donors (Lipinski definition) is 0. The molecule has 0 N–H and O–H groups in total. The molecular formula is C14H28O2Si. The van der Waals surface area contributed by atoms with Gasteiger partial charge >= 0.3 is 0 Å². The summed E-state index contributed by atoms with van der Waals surface area (Å²) in [6.07, 6.45) is 2.38. The van der Waals surface area contributed by atoms with E-state index >= 15 is 0 Å². The molecule has 3 heteroatoms. The largest absolute Gasteiger partial charge is 0.359 e. The number of hydrogen-bond acceptors (Lipinski definition) is 2. The van der Waals surface area contributed by atoms with Crippen LogP contribution in [0.25, 0.3) is 0 Å². The number of allylic oxidation sites excluding steroid dienone is 1. The molecular weight excluding hydrogens is 228 g/mol. The Bertz CT molecular complexity index is 276. The van der Waals surface area contributed by atoms with E-state index in [4.69, 9.17) is 9.47 Å². The molecule has 0 aliphatic heterocycles. The lowest BCUT2D eigenvalue weighted by Gasteiger charge is -2.25. The molecule has 0 fully saturated rings. The van der Waals surface area contributed by atoms with Crippen molar-refractivity contribution in [3.63, 3.8) is 0 Å². The molecule has 2 atom stereocenters. The van der Waals surface area contributed by atoms with Gasteiger partial charge in [0.25, 0.3) is 0 Å². The van der Waals surface area contributed by atoms with Gasteiger partial charge in [-0.15, -0.1) is 0 Å². The van der Waals surface area contributed by atoms with E-state index in [2.05, 4.69) is 46.1 Å². The smallest absolute Gasteiger partial charge is 0.147 e. The highest BCUT2D eigenvalue weighted by atomic mass is 28.3. The molecule has 0 spiro atoms. The van der Waals surface area contributed by atoms with Gasteiger partial charge in [-0.1, -0.05) is 50.0 Å². The van der Waals surface area contributed by atoms with E-state index in [-0.39, 0.29) is 6.10 Å². The van der Waals surface area contributed by atoms with Gasteiger partial charge in [-0.05, 0) is 13.8 Å². The second-order valence-electron chi connectivity index (χ2n) is 5.80. The topological polar surface area (TPSA) is 18.5 Å². The lowest BCUT2D eigenvalue weighted by atomic mass is 9.99. The zero-order valence-electron chi connectivity index (χ0n) is 12.5. The minimum Gasteiger partial charge on any atom is -0.359 e. The average molecular weight is 256 g/mol. The summed E-state index contributed by atoms with van der Waals surface area (Å²) in [4.78, 5) is 0. The Hall–Kier alpha value is -0.383. The van der Waals surface area contributed by atoms with E-state index in [1.807, 2.05) is 6.92 Å². The first-order valence-electron chi connectivity index (χ1n) is 6.15. The van der Waals surface area contributed by atoms with Crippen LogP contribution in [-0.4, -0.2) is 28.1 Å². The number of methoxy groups -OCH3 is 1. The third-order valence-corrected chi connectivity index (χ3v) is 5.56. The number of ether oxygens (including phenoxy) is 2. The monoisotopic (exact) mass is 256 g/mol. The van der Waals surface area contributed by atoms with E-state index in [0.717, 1.165) is 5.57 Å². The van der Waals surface area contributed by atoms with Crippen LogP contribution in [0.3, 0.4) is 0 Å². The predicted octanol–water partition coefficient (Wildman–Crippen LogP) is 4.01. The zero-order chi connectivity index (χ0) is 13.6. The first kappa shape index (κ1) is 16.6. The molecule has 0 saturated carbocycles. The van der Waals surface area contributed by atoms with Gasteiger partial charge in [0.2, 0.25) is 0 Å². The molecule has 0 saturated heterocycles. The summed E-state index contributed by atoms with van der Waals surface area (Å²) in [5, 5.41) is 1.51. The van der Waals surface area contributed by atoms with Gasteiger partial charge in [0.15, 0.2) is 0 Å². The summed E-state index contributed by atoms with van der Waals surface area (Å²) in [6, 6.07) is 0. The van der Waals surface area contributed by atoms with E-state index < -0.39 is 8.07 Å². The van der Waals surface area contributed by atoms with Gasteiger partial charge < -0.3 is 9.47 Å². The predicted molar refractivity (Wildman–Crippen MR) is 77.8 cm³/mol. The Balaban J connectivity index is 4.73. The van der Waals surface area contributed by atoms with Crippen molar-refractivity contribution < 1.29 is 9.47 Å². The molecule has 0 aromatic heterocycles. The van der Waals surface area contributed by atoms with Crippen molar-refractivity contribution in [1.29, 1.82) is 0 Å². The van der Waals surface area contributed by atoms with Gasteiger partial charge in [0.05, 0.1) is 14.2 Å². The Morgan fingerprint density at radius 3 is 2.18 bits per heavy atom. The van der Waals surface area contributed by atoms with Crippen molar-refractivity contribution in [2.75, 3.05) is 13.9 Å². The molecule has 0 bridgehead atoms. The van der Waals surface area contributed by atoms with Gasteiger partial charge in [-0.2, -0.15) is 0 Å². The molecule has 0 amide bonds. The van der Waals surface area contributed by atoms with Crippen LogP contribution in [0.1, 0.15) is 20.8 Å². The lowest BCUT2D eigenvalue weighted by Crippen LogP contribution is -2.27. The third kappa shape index (κ3) is 6.20. The average Bonchev–Trinajstić information content (AvgIpc) is 2.16. The van der Waals surface area contributed by atoms with Crippen LogP contribution in [-0.2, 0) is 9.47 Å². The Morgan fingerprint density at radius 1 is 1.29 bits per heavy atom. The first-order chi connectivity index (χ1) is 7.70. The molecule has 0 aromatic carbocycles. The Morgan fingerprint density at radius 2 is 1.82 bits per heavy atom. The quantitative estimate of drug-likeness (QED) is 0.389. The fourth-order valence-electron chi connectivity index (χ4n) is 1.62. The van der Waals surface area contributed by atoms with Crippen LogP contribution in [0.5, 0.6) is 0 Å². The summed E-state index contributed by atoms with van der Waals surface area (Å²) in [5.74, 6) is 0.342. The lowest BCUT2D eigenvalue weighted by molar-refractivity contribution is -0.0691. The SMILES string of the molecule is C=C(C)[C@H](OCOC)[C@@H](C)/C=C(/C)[Si](C)(C)C. The summed E-state index contributed by atoms with van der Waals surface area (Å²) in [7, 11) is 0.452. The molecule has 0 aliphatic carbocycles. The minimum atomic E-state index is -1.19. The fraction of sp³-hybridized carbons (Fsp3) is 0.714. The summed E-state index contributed by atoms with van der Waals surface area (Å²) in [5.41, 5.74) is 1.05. The summed E-state index contributed by atoms with van der Waals surface area (Å²) >= 11 is 0. The maximum atomic E-state index is 5.68. The van der Waals surface area contributed by atoms with Crippen LogP contribution in [0.4, 0.5) is 0 Å². The van der Waals surface area contributed by atoms with Crippen molar-refractivity contribution in [3.8, 4) is 0 Å². The van der Waals surface area contributed by atoms with E-state index in [9.17, 15) is 0 Å². The Kier molecular flexibility index (Phi) is 6.98. The molecule has 0 unspecified atom stereocenters. The van der Waals surface area contributed by atoms with Crippen LogP contribution in [0, 0.1) is 5.92 Å². The fourth-order valence-corrected chi connectivity index (χ4v) is 2.38. The van der Waals surface area contributed by atoms with E-state index in [0.29, 0.717) is 12.7 Å². The highest BCUT2D eigenvalue weighted by Crippen LogP contribution is 2.21. The van der Waals surface area contributed by atoms with Crippen LogP contribution >= 0.6 is 0 Å². The summed E-state index contributed by atoms with van der Waals surface area (Å²) in [6.45, 7) is 17.8. The molecule has 0 aliphatic rings. The minimum absolute atomic E-state index is 0.0428. The van der Waals surface area contributed by atoms with E-state index in [1.165, 1.54) is 5.20 Å². The second-order valence-corrected chi connectivity index (χ2v) is 11.1. The molecule has 2 nitrogen and oxygen atoms in total. The molecule has 0 radical (unpaired) electrons. The molecule has 17 heavy (non-hydrogen) atoms. The van der Waals surface area contributed by atoms with Crippen LogP contribution < -0.4 is 0 Å². The van der Waals surface area contributed by atoms with Gasteiger partial charge in [0, 0.05) is 13.0 Å². The normalized spacial score (nSPS) is 16.8. The number of rotatable bonds is 7. The van der Waals surface area contributed by atoms with Gasteiger partial charge in [-0.25, -0.2) is 0 Å². The van der Waals surface area contributed by atoms with Gasteiger partial charge in [-0.3, -0.25) is 0 Å². The van der Waals surface area contributed by atoms with Crippen molar-refractivity contribution in [1.82, 2.24) is 0 Å². The van der Waals surface area contributed by atoms with Crippen molar-refractivity contribution in [2.45, 2.75) is 46.5 Å². The van der Waals surface area contributed by atoms with Gasteiger partial charge in [0.1, 0.15) is 6.79 Å². The molecule has 100 valence electrons. The van der Waals surface area contributed by atoms with Crippen LogP contribution in [0.2, 0.25) is 19.6 Å². The molecule has 0 heterocycles. The molecule has 0 aromatic rings. The zero-order valence-corrected chi connectivity index (χ0v) is 13.5. The van der Waals surface area contributed by atoms with E-state index in [1.54, 1.807) is 7.11 Å².